The molecule has 0 aliphatic carbocycles. The van der Waals surface area contributed by atoms with E-state index in [2.05, 4.69) is 0 Å². The molecule has 2 heterocycles. The van der Waals surface area contributed by atoms with E-state index in [9.17, 15) is 15.2 Å². The molecular formula is C24H19BO7. The number of para-hydroxylation sites is 4. The Labute approximate surface area is 182 Å². The second kappa shape index (κ2) is 9.13. The minimum Gasteiger partial charge on any atom is -0.504 e. The number of hydrogen-bond acceptors (Lipinski definition) is 7. The number of rotatable bonds is 1. The molecule has 160 valence electrons. The third-order valence-electron chi connectivity index (χ3n) is 5.10. The lowest BCUT2D eigenvalue weighted by atomic mass is 9.79. The van der Waals surface area contributed by atoms with Crippen LogP contribution in [-0.4, -0.2) is 32.8 Å². The molecule has 2 aromatic heterocycles. The fourth-order valence-corrected chi connectivity index (χ4v) is 3.70. The van der Waals surface area contributed by atoms with Gasteiger partial charge in [-0.3, -0.25) is 10.5 Å². The minimum atomic E-state index is -1.51. The van der Waals surface area contributed by atoms with Crippen LogP contribution in [0.4, 0.5) is 0 Å². The van der Waals surface area contributed by atoms with Crippen molar-refractivity contribution in [2.75, 3.05) is 0 Å². The minimum absolute atomic E-state index is 0.193. The van der Waals surface area contributed by atoms with E-state index in [0.717, 1.165) is 32.7 Å². The van der Waals surface area contributed by atoms with Gasteiger partial charge >= 0.3 is 7.12 Å². The molecule has 0 aliphatic heterocycles. The quantitative estimate of drug-likeness (QED) is 0.147. The lowest BCUT2D eigenvalue weighted by Gasteiger charge is -1.98. The van der Waals surface area contributed by atoms with Crippen LogP contribution < -0.4 is 5.46 Å². The summed E-state index contributed by atoms with van der Waals surface area (Å²) in [6.07, 6.45) is 0. The second-order valence-corrected chi connectivity index (χ2v) is 6.95. The highest BCUT2D eigenvalue weighted by Gasteiger charge is 2.18. The van der Waals surface area contributed by atoms with E-state index in [1.807, 2.05) is 66.7 Å². The Balaban J connectivity index is 0.000000143. The summed E-state index contributed by atoms with van der Waals surface area (Å²) < 4.78 is 11.2. The van der Waals surface area contributed by atoms with Gasteiger partial charge in [0.1, 0.15) is 16.7 Å². The average molecular weight is 430 g/mol. The van der Waals surface area contributed by atoms with Crippen molar-refractivity contribution < 1.29 is 34.5 Å². The predicted octanol–water partition coefficient (Wildman–Crippen LogP) is 4.57. The molecule has 6 aromatic rings. The van der Waals surface area contributed by atoms with Gasteiger partial charge < -0.3 is 24.0 Å². The maximum absolute atomic E-state index is 9.58. The fraction of sp³-hybridized carbons (Fsp3) is 0. The molecule has 0 unspecified atom stereocenters. The van der Waals surface area contributed by atoms with Crippen molar-refractivity contribution in [2.45, 2.75) is 0 Å². The van der Waals surface area contributed by atoms with Gasteiger partial charge in [-0.25, -0.2) is 0 Å². The lowest BCUT2D eigenvalue weighted by molar-refractivity contribution is -0.176. The average Bonchev–Trinajstić information content (AvgIpc) is 3.40. The molecule has 0 atom stereocenters. The van der Waals surface area contributed by atoms with Crippen molar-refractivity contribution in [2.24, 2.45) is 0 Å². The number of phenolic OH excluding ortho intramolecular Hbond substituents is 1. The molecule has 0 fully saturated rings. The van der Waals surface area contributed by atoms with Crippen LogP contribution in [0.15, 0.2) is 93.8 Å². The Morgan fingerprint density at radius 1 is 0.531 bits per heavy atom. The summed E-state index contributed by atoms with van der Waals surface area (Å²) >= 11 is 0. The van der Waals surface area contributed by atoms with Crippen LogP contribution in [-0.2, 0) is 0 Å². The maximum atomic E-state index is 9.58. The van der Waals surface area contributed by atoms with Crippen molar-refractivity contribution in [1.82, 2.24) is 0 Å². The van der Waals surface area contributed by atoms with Gasteiger partial charge in [-0.2, -0.15) is 0 Å². The Hall–Kier alpha value is -3.82. The molecule has 0 radical (unpaired) electrons. The molecule has 32 heavy (non-hydrogen) atoms. The van der Waals surface area contributed by atoms with Crippen LogP contribution >= 0.6 is 0 Å². The van der Waals surface area contributed by atoms with Crippen molar-refractivity contribution in [3.63, 3.8) is 0 Å². The van der Waals surface area contributed by atoms with Gasteiger partial charge in [-0.05, 0) is 18.2 Å². The van der Waals surface area contributed by atoms with Gasteiger partial charge in [0.15, 0.2) is 11.3 Å². The molecular weight excluding hydrogens is 411 g/mol. The Bertz CT molecular complexity index is 1500. The number of phenols is 1. The van der Waals surface area contributed by atoms with Gasteiger partial charge in [0.05, 0.1) is 0 Å². The highest BCUT2D eigenvalue weighted by molar-refractivity contribution is 6.61. The highest BCUT2D eigenvalue weighted by atomic mass is 17.0. The summed E-state index contributed by atoms with van der Waals surface area (Å²) in [6, 6.07) is 26.1. The first kappa shape index (κ1) is 21.4. The van der Waals surface area contributed by atoms with Crippen LogP contribution in [0.25, 0.3) is 43.9 Å². The fourth-order valence-electron chi connectivity index (χ4n) is 3.70. The first-order valence-corrected chi connectivity index (χ1v) is 9.69. The predicted molar refractivity (Wildman–Crippen MR) is 124 cm³/mol. The van der Waals surface area contributed by atoms with Gasteiger partial charge in [0.25, 0.3) is 0 Å². The summed E-state index contributed by atoms with van der Waals surface area (Å²) in [5, 5.41) is 44.0. The zero-order valence-electron chi connectivity index (χ0n) is 16.7. The zero-order chi connectivity index (χ0) is 22.7. The molecule has 0 spiro atoms. The molecule has 5 N–H and O–H groups in total. The smallest absolute Gasteiger partial charge is 0.492 e. The number of fused-ring (bicyclic) bond motifs is 6. The van der Waals surface area contributed by atoms with Crippen molar-refractivity contribution in [1.29, 1.82) is 0 Å². The van der Waals surface area contributed by atoms with Crippen molar-refractivity contribution in [3.05, 3.63) is 84.9 Å². The Morgan fingerprint density at radius 2 is 1.00 bits per heavy atom. The number of hydrogen-bond donors (Lipinski definition) is 5. The van der Waals surface area contributed by atoms with E-state index in [4.69, 9.17) is 19.3 Å². The SMILES string of the molecule is OB(O)c1cccc2c1oc1ccccc12.OO.Oc1cccc2c1oc1ccccc12. The molecule has 0 bridgehead atoms. The van der Waals surface area contributed by atoms with Crippen LogP contribution in [0.1, 0.15) is 0 Å². The standard InChI is InChI=1S/C12H9BO3.C12H8O2.H2O2/c14-13(15)10-6-3-5-9-8-4-1-2-7-11(8)16-12(9)10;13-10-6-3-5-9-8-4-1-2-7-11(8)14-12(9)10;1-2/h1-7,14-15H;1-7,13H;1-2H. The molecule has 7 nitrogen and oxygen atoms in total. The molecule has 0 aliphatic rings. The first-order chi connectivity index (χ1) is 15.6. The number of benzene rings is 4. The first-order valence-electron chi connectivity index (χ1n) is 9.69. The van der Waals surface area contributed by atoms with Crippen LogP contribution in [0.5, 0.6) is 5.75 Å². The van der Waals surface area contributed by atoms with E-state index in [-0.39, 0.29) is 5.75 Å². The largest absolute Gasteiger partial charge is 0.504 e. The van der Waals surface area contributed by atoms with E-state index in [1.165, 1.54) is 0 Å². The van der Waals surface area contributed by atoms with Gasteiger partial charge in [-0.15, -0.1) is 0 Å². The Kier molecular flexibility index (Phi) is 6.11. The molecule has 0 amide bonds. The number of furan rings is 2. The molecule has 4 aromatic carbocycles. The summed E-state index contributed by atoms with van der Waals surface area (Å²) in [4.78, 5) is 0. The summed E-state index contributed by atoms with van der Waals surface area (Å²) in [5.74, 6) is 0.193. The van der Waals surface area contributed by atoms with E-state index >= 15 is 0 Å². The molecule has 8 heteroatoms. The zero-order valence-corrected chi connectivity index (χ0v) is 16.7. The molecule has 0 saturated heterocycles. The summed E-state index contributed by atoms with van der Waals surface area (Å²) in [6.45, 7) is 0. The highest BCUT2D eigenvalue weighted by Crippen LogP contribution is 2.33. The van der Waals surface area contributed by atoms with E-state index in [0.29, 0.717) is 16.6 Å². The monoisotopic (exact) mass is 430 g/mol. The van der Waals surface area contributed by atoms with E-state index in [1.54, 1.807) is 18.2 Å². The third kappa shape index (κ3) is 3.79. The lowest BCUT2D eigenvalue weighted by Crippen LogP contribution is -2.29. The topological polar surface area (TPSA) is 127 Å². The van der Waals surface area contributed by atoms with Crippen LogP contribution in [0.2, 0.25) is 0 Å². The van der Waals surface area contributed by atoms with Crippen LogP contribution in [0.3, 0.4) is 0 Å². The molecule has 0 saturated carbocycles. The maximum Gasteiger partial charge on any atom is 0.492 e. The third-order valence-corrected chi connectivity index (χ3v) is 5.10. The van der Waals surface area contributed by atoms with Gasteiger partial charge in [0.2, 0.25) is 0 Å². The van der Waals surface area contributed by atoms with Crippen LogP contribution in [0, 0.1) is 0 Å². The van der Waals surface area contributed by atoms with Crippen molar-refractivity contribution >= 4 is 56.5 Å². The second-order valence-electron chi connectivity index (χ2n) is 6.95. The van der Waals surface area contributed by atoms with Crippen molar-refractivity contribution in [3.8, 4) is 5.75 Å². The van der Waals surface area contributed by atoms with Gasteiger partial charge in [0, 0.05) is 27.0 Å². The molecule has 6 rings (SSSR count). The normalized spacial score (nSPS) is 10.6. The summed E-state index contributed by atoms with van der Waals surface area (Å²) in [5.41, 5.74) is 3.07. The number of aromatic hydroxyl groups is 1. The van der Waals surface area contributed by atoms with Gasteiger partial charge in [-0.1, -0.05) is 66.7 Å². The van der Waals surface area contributed by atoms with E-state index < -0.39 is 7.12 Å². The Morgan fingerprint density at radius 3 is 1.59 bits per heavy atom. The summed E-state index contributed by atoms with van der Waals surface area (Å²) in [7, 11) is -1.51.